The summed E-state index contributed by atoms with van der Waals surface area (Å²) in [5, 5.41) is 16.2. The molecular weight excluding hydrogens is 394 g/mol. The molecule has 0 amide bonds. The van der Waals surface area contributed by atoms with E-state index in [1.165, 1.54) is 11.3 Å². The van der Waals surface area contributed by atoms with Gasteiger partial charge in [-0.05, 0) is 36.4 Å². The number of fused-ring (bicyclic) bond motifs is 1. The molecule has 136 valence electrons. The first-order valence-corrected chi connectivity index (χ1v) is 9.51. The second-order valence-corrected chi connectivity index (χ2v) is 7.14. The van der Waals surface area contributed by atoms with Crippen LogP contribution in [0.25, 0.3) is 27.8 Å². The predicted octanol–water partition coefficient (Wildman–Crippen LogP) is 5.55. The van der Waals surface area contributed by atoms with Crippen LogP contribution in [0.15, 0.2) is 75.4 Å². The maximum Gasteiger partial charge on any atom is 0.345 e. The number of para-hydroxylation sites is 1. The van der Waals surface area contributed by atoms with Crippen molar-refractivity contribution in [2.75, 3.05) is 5.32 Å². The van der Waals surface area contributed by atoms with E-state index in [-0.39, 0.29) is 0 Å². The minimum atomic E-state index is -0.461. The Balaban J connectivity index is 1.65. The number of allylic oxidation sites excluding steroid dienone is 1. The summed E-state index contributed by atoms with van der Waals surface area (Å²) in [4.78, 5) is 16.8. The predicted molar refractivity (Wildman–Crippen MR) is 112 cm³/mol. The number of halogens is 1. The van der Waals surface area contributed by atoms with Gasteiger partial charge in [-0.2, -0.15) is 5.26 Å². The van der Waals surface area contributed by atoms with Crippen molar-refractivity contribution in [3.05, 3.63) is 86.6 Å². The van der Waals surface area contributed by atoms with E-state index in [9.17, 15) is 10.1 Å². The van der Waals surface area contributed by atoms with Crippen LogP contribution >= 0.6 is 22.9 Å². The lowest BCUT2D eigenvalue weighted by Gasteiger charge is -2.01. The van der Waals surface area contributed by atoms with Crippen LogP contribution < -0.4 is 10.9 Å². The molecule has 2 heterocycles. The highest BCUT2D eigenvalue weighted by Crippen LogP contribution is 2.26. The molecule has 0 saturated heterocycles. The number of nitrogens with one attached hydrogen (secondary N) is 1. The molecule has 0 bridgehead atoms. The van der Waals surface area contributed by atoms with Crippen molar-refractivity contribution in [1.82, 2.24) is 4.98 Å². The van der Waals surface area contributed by atoms with Crippen LogP contribution in [0.5, 0.6) is 0 Å². The van der Waals surface area contributed by atoms with Crippen LogP contribution in [0.3, 0.4) is 0 Å². The Morgan fingerprint density at radius 3 is 2.79 bits per heavy atom. The van der Waals surface area contributed by atoms with Crippen molar-refractivity contribution < 1.29 is 4.42 Å². The first-order valence-electron chi connectivity index (χ1n) is 8.25. The van der Waals surface area contributed by atoms with Crippen LogP contribution in [-0.4, -0.2) is 4.98 Å². The van der Waals surface area contributed by atoms with Gasteiger partial charge in [-0.25, -0.2) is 9.78 Å². The van der Waals surface area contributed by atoms with Crippen molar-refractivity contribution in [2.45, 2.75) is 0 Å². The Hall–Kier alpha value is -3.40. The number of hydrogen-bond donors (Lipinski definition) is 1. The highest BCUT2D eigenvalue weighted by Gasteiger charge is 2.13. The molecule has 7 heteroatoms. The van der Waals surface area contributed by atoms with E-state index in [2.05, 4.69) is 16.4 Å². The van der Waals surface area contributed by atoms with Gasteiger partial charge in [0, 0.05) is 27.7 Å². The topological polar surface area (TPSA) is 78.9 Å². The van der Waals surface area contributed by atoms with Crippen molar-refractivity contribution in [3.63, 3.8) is 0 Å². The van der Waals surface area contributed by atoms with E-state index in [1.807, 2.05) is 18.2 Å². The van der Waals surface area contributed by atoms with Gasteiger partial charge in [-0.3, -0.25) is 0 Å². The van der Waals surface area contributed by atoms with Gasteiger partial charge in [0.15, 0.2) is 0 Å². The minimum absolute atomic E-state index is 0.358. The molecule has 2 aromatic carbocycles. The molecule has 1 N–H and O–H groups in total. The lowest BCUT2D eigenvalue weighted by atomic mass is 10.1. The molecule has 28 heavy (non-hydrogen) atoms. The number of thiazole rings is 1. The highest BCUT2D eigenvalue weighted by molar-refractivity contribution is 7.11. The van der Waals surface area contributed by atoms with E-state index in [0.717, 1.165) is 11.1 Å². The summed E-state index contributed by atoms with van der Waals surface area (Å²) in [6.07, 6.45) is 1.58. The Kier molecular flexibility index (Phi) is 4.94. The van der Waals surface area contributed by atoms with Crippen LogP contribution in [0.2, 0.25) is 5.02 Å². The van der Waals surface area contributed by atoms with Gasteiger partial charge >= 0.3 is 5.63 Å². The number of benzene rings is 2. The van der Waals surface area contributed by atoms with E-state index < -0.39 is 5.63 Å². The quantitative estimate of drug-likeness (QED) is 0.356. The molecule has 0 saturated carbocycles. The third-order valence-corrected chi connectivity index (χ3v) is 5.13. The molecule has 2 aromatic heterocycles. The van der Waals surface area contributed by atoms with Gasteiger partial charge in [-0.15, -0.1) is 11.3 Å². The third-order valence-electron chi connectivity index (χ3n) is 4.00. The smallest absolute Gasteiger partial charge is 0.345 e. The molecule has 0 aliphatic rings. The SMILES string of the molecule is N#C/C(=C/Nc1ccc(Cl)cc1)c1nc(-c2cc3ccccc3oc2=O)cs1. The number of aromatic nitrogens is 1. The molecule has 0 aliphatic heterocycles. The van der Waals surface area contributed by atoms with Gasteiger partial charge in [-0.1, -0.05) is 29.8 Å². The molecule has 4 rings (SSSR count). The van der Waals surface area contributed by atoms with E-state index in [4.69, 9.17) is 16.0 Å². The zero-order chi connectivity index (χ0) is 19.5. The number of nitrogens with zero attached hydrogens (tertiary/aromatic N) is 2. The molecule has 0 atom stereocenters. The van der Waals surface area contributed by atoms with Gasteiger partial charge in [0.05, 0.1) is 11.3 Å². The van der Waals surface area contributed by atoms with Crippen LogP contribution in [-0.2, 0) is 0 Å². The Morgan fingerprint density at radius 2 is 2.00 bits per heavy atom. The second-order valence-electron chi connectivity index (χ2n) is 5.84. The van der Waals surface area contributed by atoms with E-state index in [0.29, 0.717) is 32.4 Å². The third kappa shape index (κ3) is 3.67. The van der Waals surface area contributed by atoms with Crippen LogP contribution in [0, 0.1) is 11.3 Å². The monoisotopic (exact) mass is 405 g/mol. The number of anilines is 1. The summed E-state index contributed by atoms with van der Waals surface area (Å²) in [6.45, 7) is 0. The molecule has 0 spiro atoms. The standard InChI is InChI=1S/C21H12ClN3O2S/c22-15-5-7-16(8-6-15)24-11-14(10-23)20-25-18(12-28-20)17-9-13-3-1-2-4-19(13)27-21(17)26/h1-9,11-12,24H/b14-11-. The summed E-state index contributed by atoms with van der Waals surface area (Å²) in [6, 6.07) is 18.3. The average Bonchev–Trinajstić information content (AvgIpc) is 3.19. The second kappa shape index (κ2) is 7.69. The fourth-order valence-corrected chi connectivity index (χ4v) is 3.52. The maximum absolute atomic E-state index is 12.3. The minimum Gasteiger partial charge on any atom is -0.422 e. The van der Waals surface area contributed by atoms with Crippen molar-refractivity contribution >= 4 is 45.2 Å². The molecule has 5 nitrogen and oxygen atoms in total. The summed E-state index contributed by atoms with van der Waals surface area (Å²) in [5.74, 6) is 0. The molecule has 0 fully saturated rings. The van der Waals surface area contributed by atoms with Gasteiger partial charge in [0.25, 0.3) is 0 Å². The summed E-state index contributed by atoms with van der Waals surface area (Å²) in [5.41, 5.74) is 2.06. The zero-order valence-electron chi connectivity index (χ0n) is 14.3. The van der Waals surface area contributed by atoms with Crippen LogP contribution in [0.4, 0.5) is 5.69 Å². The fraction of sp³-hybridized carbons (Fsp3) is 0. The molecule has 0 radical (unpaired) electrons. The van der Waals surface area contributed by atoms with Crippen molar-refractivity contribution in [1.29, 1.82) is 5.26 Å². The molecule has 4 aromatic rings. The number of rotatable bonds is 4. The summed E-state index contributed by atoms with van der Waals surface area (Å²) >= 11 is 7.16. The zero-order valence-corrected chi connectivity index (χ0v) is 15.9. The van der Waals surface area contributed by atoms with E-state index in [1.54, 1.807) is 48.0 Å². The fourth-order valence-electron chi connectivity index (χ4n) is 2.61. The van der Waals surface area contributed by atoms with Gasteiger partial charge in [0.2, 0.25) is 0 Å². The maximum atomic E-state index is 12.3. The summed E-state index contributed by atoms with van der Waals surface area (Å²) < 4.78 is 5.36. The first kappa shape index (κ1) is 18.0. The Labute approximate surface area is 169 Å². The Morgan fingerprint density at radius 1 is 1.21 bits per heavy atom. The highest BCUT2D eigenvalue weighted by atomic mass is 35.5. The molecule has 0 aliphatic carbocycles. The normalized spacial score (nSPS) is 11.4. The van der Waals surface area contributed by atoms with Gasteiger partial charge in [0.1, 0.15) is 22.2 Å². The lowest BCUT2D eigenvalue weighted by Crippen LogP contribution is -2.02. The van der Waals surface area contributed by atoms with Crippen molar-refractivity contribution in [3.8, 4) is 17.3 Å². The van der Waals surface area contributed by atoms with Gasteiger partial charge < -0.3 is 9.73 Å². The molecular formula is C21H12ClN3O2S. The number of hydrogen-bond acceptors (Lipinski definition) is 6. The lowest BCUT2D eigenvalue weighted by molar-refractivity contribution is 0.563. The summed E-state index contributed by atoms with van der Waals surface area (Å²) in [7, 11) is 0. The Bertz CT molecular complexity index is 1280. The average molecular weight is 406 g/mol. The number of nitriles is 1. The van der Waals surface area contributed by atoms with E-state index >= 15 is 0 Å². The first-order chi connectivity index (χ1) is 13.6. The molecule has 0 unspecified atom stereocenters. The largest absolute Gasteiger partial charge is 0.422 e. The van der Waals surface area contributed by atoms with Crippen molar-refractivity contribution in [2.24, 2.45) is 0 Å². The van der Waals surface area contributed by atoms with Crippen LogP contribution in [0.1, 0.15) is 5.01 Å².